The van der Waals surface area contributed by atoms with Crippen molar-refractivity contribution in [1.29, 1.82) is 0 Å². The molecule has 0 aliphatic heterocycles. The van der Waals surface area contributed by atoms with Gasteiger partial charge < -0.3 is 10.2 Å². The molecule has 21 heavy (non-hydrogen) atoms. The van der Waals surface area contributed by atoms with E-state index in [0.29, 0.717) is 0 Å². The first-order valence-electron chi connectivity index (χ1n) is 6.73. The van der Waals surface area contributed by atoms with Crippen molar-refractivity contribution < 1.29 is 4.92 Å². The Morgan fingerprint density at radius 2 is 2.19 bits per heavy atom. The Balaban J connectivity index is 2.22. The molecule has 1 atom stereocenters. The second kappa shape index (κ2) is 6.58. The van der Waals surface area contributed by atoms with E-state index in [1.807, 2.05) is 19.2 Å². The van der Waals surface area contributed by atoms with Crippen LogP contribution < -0.4 is 10.2 Å². The summed E-state index contributed by atoms with van der Waals surface area (Å²) in [6, 6.07) is 9.50. The van der Waals surface area contributed by atoms with Gasteiger partial charge in [-0.25, -0.2) is 0 Å². The quantitative estimate of drug-likeness (QED) is 0.652. The molecule has 6 heteroatoms. The van der Waals surface area contributed by atoms with Crippen LogP contribution in [0.4, 0.5) is 17.1 Å². The molecule has 2 aromatic rings. The summed E-state index contributed by atoms with van der Waals surface area (Å²) in [6.45, 7) is 2.12. The summed E-state index contributed by atoms with van der Waals surface area (Å²) in [4.78, 5) is 14.1. The van der Waals surface area contributed by atoms with E-state index < -0.39 is 0 Å². The minimum atomic E-state index is -0.359. The van der Waals surface area contributed by atoms with Gasteiger partial charge in [-0.15, -0.1) is 11.3 Å². The molecule has 1 N–H and O–H groups in total. The van der Waals surface area contributed by atoms with Crippen LogP contribution in [0.5, 0.6) is 0 Å². The van der Waals surface area contributed by atoms with Crippen LogP contribution >= 0.6 is 11.3 Å². The molecule has 0 aliphatic rings. The fourth-order valence-corrected chi connectivity index (χ4v) is 2.99. The Morgan fingerprint density at radius 3 is 2.76 bits per heavy atom. The van der Waals surface area contributed by atoms with Crippen molar-refractivity contribution in [3.8, 4) is 0 Å². The molecule has 1 aromatic carbocycles. The molecule has 5 nitrogen and oxygen atoms in total. The first-order valence-corrected chi connectivity index (χ1v) is 7.61. The average molecular weight is 305 g/mol. The highest BCUT2D eigenvalue weighted by Gasteiger charge is 2.16. The Bertz CT molecular complexity index is 613. The lowest BCUT2D eigenvalue weighted by Gasteiger charge is -2.27. The van der Waals surface area contributed by atoms with Crippen LogP contribution in [0.2, 0.25) is 0 Å². The number of anilines is 2. The molecule has 1 aromatic heterocycles. The zero-order valence-corrected chi connectivity index (χ0v) is 13.2. The van der Waals surface area contributed by atoms with Gasteiger partial charge in [0.2, 0.25) is 0 Å². The van der Waals surface area contributed by atoms with Gasteiger partial charge in [0, 0.05) is 54.9 Å². The lowest BCUT2D eigenvalue weighted by molar-refractivity contribution is -0.384. The molecular formula is C15H19N3O2S. The fourth-order valence-electron chi connectivity index (χ4n) is 2.16. The maximum atomic E-state index is 11.0. The summed E-state index contributed by atoms with van der Waals surface area (Å²) in [5.74, 6) is 0. The van der Waals surface area contributed by atoms with Crippen LogP contribution in [0.25, 0.3) is 0 Å². The number of rotatable bonds is 6. The summed E-state index contributed by atoms with van der Waals surface area (Å²) < 4.78 is 0. The lowest BCUT2D eigenvalue weighted by Crippen LogP contribution is -2.30. The molecule has 1 unspecified atom stereocenters. The van der Waals surface area contributed by atoms with Gasteiger partial charge in [-0.05, 0) is 24.4 Å². The third-order valence-electron chi connectivity index (χ3n) is 3.55. The second-order valence-electron chi connectivity index (χ2n) is 4.99. The van der Waals surface area contributed by atoms with Gasteiger partial charge in [0.05, 0.1) is 4.92 Å². The smallest absolute Gasteiger partial charge is 0.273 e. The van der Waals surface area contributed by atoms with E-state index in [-0.39, 0.29) is 16.7 Å². The standard InChI is InChI=1S/C15H19N3O2S/c1-11(7-15-5-4-6-21-15)17(3)13-8-12(16-2)9-14(10-13)18(19)20/h4-6,8-11,16H,7H2,1-3H3. The molecule has 0 saturated heterocycles. The van der Waals surface area contributed by atoms with Crippen LogP contribution in [0, 0.1) is 10.1 Å². The van der Waals surface area contributed by atoms with Crippen LogP contribution in [-0.2, 0) is 6.42 Å². The normalized spacial score (nSPS) is 12.0. The average Bonchev–Trinajstić information content (AvgIpc) is 2.98. The third-order valence-corrected chi connectivity index (χ3v) is 4.45. The van der Waals surface area contributed by atoms with Crippen LogP contribution in [-0.4, -0.2) is 25.1 Å². The topological polar surface area (TPSA) is 58.4 Å². The van der Waals surface area contributed by atoms with Crippen LogP contribution in [0.3, 0.4) is 0 Å². The molecule has 2 rings (SSSR count). The molecular weight excluding hydrogens is 286 g/mol. The summed E-state index contributed by atoms with van der Waals surface area (Å²) >= 11 is 1.73. The Kier molecular flexibility index (Phi) is 4.80. The number of thiophene rings is 1. The molecule has 0 aliphatic carbocycles. The van der Waals surface area contributed by atoms with Crippen molar-refractivity contribution in [2.45, 2.75) is 19.4 Å². The van der Waals surface area contributed by atoms with E-state index in [2.05, 4.69) is 28.6 Å². The SMILES string of the molecule is CNc1cc(N(C)C(C)Cc2cccs2)cc([N+](=O)[O-])c1. The van der Waals surface area contributed by atoms with E-state index in [4.69, 9.17) is 0 Å². The van der Waals surface area contributed by atoms with Gasteiger partial charge >= 0.3 is 0 Å². The summed E-state index contributed by atoms with van der Waals surface area (Å²) in [5, 5.41) is 16.1. The second-order valence-corrected chi connectivity index (χ2v) is 6.02. The highest BCUT2D eigenvalue weighted by molar-refractivity contribution is 7.09. The fraction of sp³-hybridized carbons (Fsp3) is 0.333. The molecule has 1 heterocycles. The Hall–Kier alpha value is -2.08. The molecule has 0 spiro atoms. The number of hydrogen-bond acceptors (Lipinski definition) is 5. The number of nitrogens with zero attached hydrogens (tertiary/aromatic N) is 2. The predicted octanol–water partition coefficient (Wildman–Crippen LogP) is 3.77. The van der Waals surface area contributed by atoms with Crippen molar-refractivity contribution in [2.24, 2.45) is 0 Å². The maximum absolute atomic E-state index is 11.0. The molecule has 0 bridgehead atoms. The summed E-state index contributed by atoms with van der Waals surface area (Å²) in [5.41, 5.74) is 1.69. The van der Waals surface area contributed by atoms with Gasteiger partial charge in [0.1, 0.15) is 0 Å². The van der Waals surface area contributed by atoms with Crippen molar-refractivity contribution in [3.05, 3.63) is 50.7 Å². The molecule has 0 saturated carbocycles. The van der Waals surface area contributed by atoms with Gasteiger partial charge in [-0.2, -0.15) is 0 Å². The number of likely N-dealkylation sites (N-methyl/N-ethyl adjacent to an activating group) is 1. The highest BCUT2D eigenvalue weighted by atomic mass is 32.1. The molecule has 0 amide bonds. The third kappa shape index (κ3) is 3.72. The monoisotopic (exact) mass is 305 g/mol. The number of nitro groups is 1. The van der Waals surface area contributed by atoms with Crippen molar-refractivity contribution in [1.82, 2.24) is 0 Å². The minimum Gasteiger partial charge on any atom is -0.388 e. The Morgan fingerprint density at radius 1 is 1.43 bits per heavy atom. The number of nitrogens with one attached hydrogen (secondary N) is 1. The van der Waals surface area contributed by atoms with E-state index in [0.717, 1.165) is 17.8 Å². The number of nitro benzene ring substituents is 1. The van der Waals surface area contributed by atoms with Gasteiger partial charge in [0.25, 0.3) is 5.69 Å². The van der Waals surface area contributed by atoms with Gasteiger partial charge in [0.15, 0.2) is 0 Å². The maximum Gasteiger partial charge on any atom is 0.273 e. The lowest BCUT2D eigenvalue weighted by atomic mass is 10.1. The van der Waals surface area contributed by atoms with Gasteiger partial charge in [-0.3, -0.25) is 10.1 Å². The largest absolute Gasteiger partial charge is 0.388 e. The first kappa shape index (κ1) is 15.3. The van der Waals surface area contributed by atoms with Crippen molar-refractivity contribution >= 4 is 28.4 Å². The molecule has 0 radical (unpaired) electrons. The molecule has 112 valence electrons. The highest BCUT2D eigenvalue weighted by Crippen LogP contribution is 2.28. The van der Waals surface area contributed by atoms with Crippen molar-refractivity contribution in [2.75, 3.05) is 24.3 Å². The van der Waals surface area contributed by atoms with E-state index in [1.54, 1.807) is 30.5 Å². The minimum absolute atomic E-state index is 0.104. The van der Waals surface area contributed by atoms with E-state index in [1.165, 1.54) is 4.88 Å². The van der Waals surface area contributed by atoms with Crippen LogP contribution in [0.15, 0.2) is 35.7 Å². The zero-order valence-electron chi connectivity index (χ0n) is 12.4. The molecule has 0 fully saturated rings. The predicted molar refractivity (Wildman–Crippen MR) is 88.5 cm³/mol. The number of hydrogen-bond donors (Lipinski definition) is 1. The van der Waals surface area contributed by atoms with E-state index >= 15 is 0 Å². The summed E-state index contributed by atoms with van der Waals surface area (Å²) in [6.07, 6.45) is 0.922. The van der Waals surface area contributed by atoms with Crippen LogP contribution in [0.1, 0.15) is 11.8 Å². The zero-order chi connectivity index (χ0) is 15.4. The number of benzene rings is 1. The van der Waals surface area contributed by atoms with Crippen molar-refractivity contribution in [3.63, 3.8) is 0 Å². The number of non-ortho nitro benzene ring substituents is 1. The van der Waals surface area contributed by atoms with E-state index in [9.17, 15) is 10.1 Å². The first-order chi connectivity index (χ1) is 10.0. The summed E-state index contributed by atoms with van der Waals surface area (Å²) in [7, 11) is 3.73. The van der Waals surface area contributed by atoms with Gasteiger partial charge in [-0.1, -0.05) is 6.07 Å². The Labute approximate surface area is 128 Å².